The van der Waals surface area contributed by atoms with Crippen LogP contribution in [-0.4, -0.2) is 34.1 Å². The molecule has 128 valence electrons. The largest absolute Gasteiger partial charge is 0.530 e. The molecule has 1 saturated heterocycles. The summed E-state index contributed by atoms with van der Waals surface area (Å²) < 4.78 is 11.4. The molecule has 0 radical (unpaired) electrons. The minimum absolute atomic E-state index is 0. The summed E-state index contributed by atoms with van der Waals surface area (Å²) in [4.78, 5) is 23.5. The Morgan fingerprint density at radius 2 is 2.00 bits per heavy atom. The van der Waals surface area contributed by atoms with Crippen LogP contribution in [0, 0.1) is 0 Å². The fraction of sp³-hybridized carbons (Fsp3) is 0.353. The lowest BCUT2D eigenvalue weighted by atomic mass is 10.1. The summed E-state index contributed by atoms with van der Waals surface area (Å²) in [5.41, 5.74) is 0.896. The monoisotopic (exact) mass is 367 g/mol. The van der Waals surface area contributed by atoms with Crippen molar-refractivity contribution < 1.29 is 14.3 Å². The standard InChI is InChI=1S/C17H19N2O3P.ClH/c1-12(17(20)19-11-5-10-16(19)23(21)22)18-15-9-4-7-13-6-2-3-8-14(13)15;/h2-4,6-9,12,16,18H,5,10-11H2,1H3;1H/p+1/t12-,16+;/m0./s1. The maximum atomic E-state index is 12.6. The average Bonchev–Trinajstić information content (AvgIpc) is 3.04. The van der Waals surface area contributed by atoms with Crippen LogP contribution in [0.5, 0.6) is 0 Å². The lowest BCUT2D eigenvalue weighted by Gasteiger charge is -2.23. The molecule has 1 heterocycles. The Bertz CT molecular complexity index is 750. The zero-order valence-corrected chi connectivity index (χ0v) is 15.1. The van der Waals surface area contributed by atoms with Crippen LogP contribution in [0.2, 0.25) is 0 Å². The van der Waals surface area contributed by atoms with Crippen molar-refractivity contribution in [3.05, 3.63) is 42.5 Å². The van der Waals surface area contributed by atoms with Gasteiger partial charge in [0.25, 0.3) is 5.78 Å². The topological polar surface area (TPSA) is 69.6 Å². The van der Waals surface area contributed by atoms with Gasteiger partial charge in [-0.05, 0) is 29.4 Å². The van der Waals surface area contributed by atoms with E-state index in [1.165, 1.54) is 0 Å². The third-order valence-corrected chi connectivity index (χ3v) is 5.34. The normalized spacial score (nSPS) is 18.8. The van der Waals surface area contributed by atoms with Crippen LogP contribution in [0.1, 0.15) is 19.8 Å². The Morgan fingerprint density at radius 1 is 1.29 bits per heavy atom. The predicted molar refractivity (Wildman–Crippen MR) is 98.8 cm³/mol. The fourth-order valence-corrected chi connectivity index (χ4v) is 4.00. The summed E-state index contributed by atoms with van der Waals surface area (Å²) in [7, 11) is -2.36. The Balaban J connectivity index is 0.00000208. The molecule has 24 heavy (non-hydrogen) atoms. The first-order chi connectivity index (χ1) is 11.1. The molecule has 7 heteroatoms. The fourth-order valence-electron chi connectivity index (χ4n) is 3.13. The molecular formula is C17H21ClN2O3P+. The number of fused-ring (bicyclic) bond motifs is 1. The van der Waals surface area contributed by atoms with E-state index in [0.29, 0.717) is 13.0 Å². The summed E-state index contributed by atoms with van der Waals surface area (Å²) in [5, 5.41) is 5.42. The molecule has 0 saturated carbocycles. The number of carbonyl (C=O) groups excluding carboxylic acids is 1. The van der Waals surface area contributed by atoms with Crippen molar-refractivity contribution in [1.29, 1.82) is 0 Å². The van der Waals surface area contributed by atoms with Gasteiger partial charge in [-0.25, -0.2) is 0 Å². The highest BCUT2D eigenvalue weighted by atomic mass is 35.5. The van der Waals surface area contributed by atoms with Crippen molar-refractivity contribution in [3.63, 3.8) is 0 Å². The molecule has 1 amide bonds. The third kappa shape index (κ3) is 3.69. The molecule has 3 atom stereocenters. The smallest absolute Gasteiger partial charge is 0.373 e. The Labute approximate surface area is 148 Å². The number of likely N-dealkylation sites (tertiary alicyclic amines) is 1. The number of anilines is 1. The molecule has 1 aliphatic rings. The van der Waals surface area contributed by atoms with Crippen LogP contribution >= 0.6 is 20.4 Å². The van der Waals surface area contributed by atoms with Crippen molar-refractivity contribution in [3.8, 4) is 0 Å². The minimum Gasteiger partial charge on any atom is -0.373 e. The number of nitrogens with zero attached hydrogens (tertiary/aromatic N) is 1. The highest BCUT2D eigenvalue weighted by Crippen LogP contribution is 2.35. The van der Waals surface area contributed by atoms with E-state index in [2.05, 4.69) is 5.32 Å². The Morgan fingerprint density at radius 3 is 2.75 bits per heavy atom. The van der Waals surface area contributed by atoms with Gasteiger partial charge in [0.05, 0.1) is 0 Å². The summed E-state index contributed by atoms with van der Waals surface area (Å²) in [6.07, 6.45) is 1.37. The number of hydrogen-bond donors (Lipinski definition) is 2. The molecule has 0 bridgehead atoms. The van der Waals surface area contributed by atoms with Gasteiger partial charge in [-0.1, -0.05) is 36.4 Å². The minimum atomic E-state index is -2.36. The van der Waals surface area contributed by atoms with E-state index < -0.39 is 19.9 Å². The number of carbonyl (C=O) groups is 1. The maximum Gasteiger partial charge on any atom is 0.530 e. The van der Waals surface area contributed by atoms with E-state index in [1.807, 2.05) is 42.5 Å². The Hall–Kier alpha value is -1.68. The molecule has 5 nitrogen and oxygen atoms in total. The van der Waals surface area contributed by atoms with Gasteiger partial charge in [-0.3, -0.25) is 9.69 Å². The van der Waals surface area contributed by atoms with E-state index in [-0.39, 0.29) is 18.3 Å². The second-order valence-corrected chi connectivity index (χ2v) is 7.05. The molecule has 2 aromatic rings. The van der Waals surface area contributed by atoms with Gasteiger partial charge in [0, 0.05) is 24.0 Å². The van der Waals surface area contributed by atoms with Gasteiger partial charge in [0.1, 0.15) is 6.04 Å². The maximum absolute atomic E-state index is 12.6. The molecule has 2 N–H and O–H groups in total. The highest BCUT2D eigenvalue weighted by molar-refractivity contribution is 7.38. The van der Waals surface area contributed by atoms with Crippen molar-refractivity contribution >= 4 is 42.8 Å². The first-order valence-corrected chi connectivity index (χ1v) is 9.06. The van der Waals surface area contributed by atoms with Gasteiger partial charge in [0.15, 0.2) is 0 Å². The van der Waals surface area contributed by atoms with Crippen molar-refractivity contribution in [2.75, 3.05) is 11.9 Å². The number of hydrogen-bond acceptors (Lipinski definition) is 3. The number of halogens is 1. The van der Waals surface area contributed by atoms with Gasteiger partial charge in [0.2, 0.25) is 5.91 Å². The zero-order chi connectivity index (χ0) is 16.4. The molecule has 0 aromatic heterocycles. The lowest BCUT2D eigenvalue weighted by molar-refractivity contribution is -0.131. The van der Waals surface area contributed by atoms with Crippen molar-refractivity contribution in [2.24, 2.45) is 0 Å². The van der Waals surface area contributed by atoms with Crippen LogP contribution in [0.25, 0.3) is 10.8 Å². The second kappa shape index (κ2) is 7.93. The van der Waals surface area contributed by atoms with E-state index in [0.717, 1.165) is 22.9 Å². The van der Waals surface area contributed by atoms with Crippen LogP contribution in [0.4, 0.5) is 5.69 Å². The van der Waals surface area contributed by atoms with E-state index >= 15 is 0 Å². The highest BCUT2D eigenvalue weighted by Gasteiger charge is 2.43. The van der Waals surface area contributed by atoms with Crippen molar-refractivity contribution in [2.45, 2.75) is 31.6 Å². The van der Waals surface area contributed by atoms with E-state index in [4.69, 9.17) is 0 Å². The van der Waals surface area contributed by atoms with Crippen LogP contribution in [0.3, 0.4) is 0 Å². The molecule has 0 aliphatic carbocycles. The van der Waals surface area contributed by atoms with Gasteiger partial charge in [-0.2, -0.15) is 4.89 Å². The predicted octanol–water partition coefficient (Wildman–Crippen LogP) is 3.75. The lowest BCUT2D eigenvalue weighted by Crippen LogP contribution is -2.42. The molecular weight excluding hydrogens is 347 g/mol. The van der Waals surface area contributed by atoms with Gasteiger partial charge < -0.3 is 5.32 Å². The number of amides is 1. The second-order valence-electron chi connectivity index (χ2n) is 5.85. The Kier molecular flexibility index (Phi) is 6.16. The summed E-state index contributed by atoms with van der Waals surface area (Å²) in [6.45, 7) is 2.34. The number of benzene rings is 2. The number of rotatable bonds is 4. The first-order valence-electron chi connectivity index (χ1n) is 7.78. The van der Waals surface area contributed by atoms with Crippen LogP contribution < -0.4 is 5.32 Å². The molecule has 1 aliphatic heterocycles. The molecule has 1 fully saturated rings. The SMILES string of the molecule is C[C@H](Nc1cccc2ccccc12)C(=O)N1CCC[C@H]1[P+](=O)O.Cl. The molecule has 3 rings (SSSR count). The zero-order valence-electron chi connectivity index (χ0n) is 13.4. The summed E-state index contributed by atoms with van der Waals surface area (Å²) in [5.74, 6) is -0.674. The van der Waals surface area contributed by atoms with Gasteiger partial charge >= 0.3 is 8.03 Å². The van der Waals surface area contributed by atoms with Crippen LogP contribution in [0.15, 0.2) is 42.5 Å². The van der Waals surface area contributed by atoms with Gasteiger partial charge in [-0.15, -0.1) is 12.4 Å². The summed E-state index contributed by atoms with van der Waals surface area (Å²) in [6, 6.07) is 13.5. The van der Waals surface area contributed by atoms with Crippen molar-refractivity contribution in [1.82, 2.24) is 4.90 Å². The summed E-state index contributed by atoms with van der Waals surface area (Å²) >= 11 is 0. The first kappa shape index (κ1) is 18.7. The van der Waals surface area contributed by atoms with E-state index in [9.17, 15) is 14.3 Å². The van der Waals surface area contributed by atoms with Crippen LogP contribution in [-0.2, 0) is 9.36 Å². The number of nitrogens with one attached hydrogen (secondary N) is 1. The molecule has 2 aromatic carbocycles. The van der Waals surface area contributed by atoms with E-state index in [1.54, 1.807) is 11.8 Å². The average molecular weight is 368 g/mol. The quantitative estimate of drug-likeness (QED) is 0.807. The molecule has 1 unspecified atom stereocenters. The molecule has 0 spiro atoms. The third-order valence-electron chi connectivity index (χ3n) is 4.29.